The first-order chi connectivity index (χ1) is 9.49. The summed E-state index contributed by atoms with van der Waals surface area (Å²) in [5, 5.41) is 4.50. The van der Waals surface area contributed by atoms with Crippen molar-refractivity contribution in [2.24, 2.45) is 5.73 Å². The predicted molar refractivity (Wildman–Crippen MR) is 77.5 cm³/mol. The molecule has 0 saturated carbocycles. The van der Waals surface area contributed by atoms with Crippen molar-refractivity contribution in [2.75, 3.05) is 6.61 Å². The zero-order valence-electron chi connectivity index (χ0n) is 11.8. The normalized spacial score (nSPS) is 12.9. The van der Waals surface area contributed by atoms with E-state index in [1.165, 1.54) is 0 Å². The molecule has 0 fully saturated rings. The summed E-state index contributed by atoms with van der Waals surface area (Å²) >= 11 is 6.24. The highest BCUT2D eigenvalue weighted by Crippen LogP contribution is 2.29. The van der Waals surface area contributed by atoms with Crippen LogP contribution in [-0.2, 0) is 4.74 Å². The van der Waals surface area contributed by atoms with Gasteiger partial charge in [0.15, 0.2) is 5.82 Å². The summed E-state index contributed by atoms with van der Waals surface area (Å²) in [6, 6.07) is 5.23. The van der Waals surface area contributed by atoms with Crippen molar-refractivity contribution in [1.82, 2.24) is 10.1 Å². The summed E-state index contributed by atoms with van der Waals surface area (Å²) in [5.74, 6) is 0.784. The predicted octanol–water partition coefficient (Wildman–Crippen LogP) is 3.12. The number of nitrogens with zero attached hydrogens (tertiary/aromatic N) is 2. The van der Waals surface area contributed by atoms with Crippen molar-refractivity contribution in [1.29, 1.82) is 0 Å². The molecule has 0 bridgehead atoms. The monoisotopic (exact) mass is 295 g/mol. The molecule has 0 spiro atoms. The van der Waals surface area contributed by atoms with Crippen LogP contribution >= 0.6 is 11.6 Å². The van der Waals surface area contributed by atoms with Crippen LogP contribution in [0.4, 0.5) is 0 Å². The highest BCUT2D eigenvalue weighted by Gasteiger charge is 2.18. The minimum absolute atomic E-state index is 0.110. The van der Waals surface area contributed by atoms with Gasteiger partial charge in [0, 0.05) is 0 Å². The minimum Gasteiger partial charge on any atom is -0.377 e. The molecule has 0 radical (unpaired) electrons. The van der Waals surface area contributed by atoms with Gasteiger partial charge in [0.25, 0.3) is 5.89 Å². The Balaban J connectivity index is 2.18. The number of hydrogen-bond acceptors (Lipinski definition) is 5. The third-order valence-corrected chi connectivity index (χ3v) is 3.31. The molecule has 108 valence electrons. The van der Waals surface area contributed by atoms with E-state index >= 15 is 0 Å². The highest BCUT2D eigenvalue weighted by atomic mass is 35.5. The van der Waals surface area contributed by atoms with Crippen LogP contribution in [0, 0.1) is 6.92 Å². The highest BCUT2D eigenvalue weighted by molar-refractivity contribution is 6.33. The van der Waals surface area contributed by atoms with Crippen LogP contribution in [0.25, 0.3) is 11.5 Å². The van der Waals surface area contributed by atoms with Gasteiger partial charge >= 0.3 is 0 Å². The average molecular weight is 296 g/mol. The van der Waals surface area contributed by atoms with E-state index in [9.17, 15) is 0 Å². The van der Waals surface area contributed by atoms with Crippen LogP contribution in [0.5, 0.6) is 0 Å². The number of nitrogens with two attached hydrogens (primary N) is 1. The number of benzene rings is 1. The Morgan fingerprint density at radius 1 is 1.40 bits per heavy atom. The van der Waals surface area contributed by atoms with Crippen molar-refractivity contribution in [3.8, 4) is 11.5 Å². The number of aromatic nitrogens is 2. The molecule has 0 aliphatic carbocycles. The first-order valence-electron chi connectivity index (χ1n) is 6.45. The molecule has 2 aromatic rings. The molecule has 1 aromatic heterocycles. The molecule has 0 aliphatic rings. The first kappa shape index (κ1) is 15.0. The van der Waals surface area contributed by atoms with Crippen LogP contribution in [0.15, 0.2) is 22.7 Å². The van der Waals surface area contributed by atoms with Crippen LogP contribution in [0.1, 0.15) is 31.3 Å². The summed E-state index contributed by atoms with van der Waals surface area (Å²) in [5.41, 5.74) is 7.63. The molecule has 20 heavy (non-hydrogen) atoms. The van der Waals surface area contributed by atoms with E-state index in [2.05, 4.69) is 10.1 Å². The van der Waals surface area contributed by atoms with Crippen molar-refractivity contribution >= 4 is 11.6 Å². The molecule has 0 amide bonds. The topological polar surface area (TPSA) is 74.2 Å². The first-order valence-corrected chi connectivity index (χ1v) is 6.83. The lowest BCUT2D eigenvalue weighted by Crippen LogP contribution is -2.20. The van der Waals surface area contributed by atoms with Crippen molar-refractivity contribution in [3.63, 3.8) is 0 Å². The van der Waals surface area contributed by atoms with Gasteiger partial charge in [-0.1, -0.05) is 28.9 Å². The van der Waals surface area contributed by atoms with E-state index in [0.717, 1.165) is 5.56 Å². The maximum atomic E-state index is 6.24. The third kappa shape index (κ3) is 3.36. The molecule has 0 aliphatic heterocycles. The molecular formula is C14H18ClN3O2. The average Bonchev–Trinajstić information content (AvgIpc) is 2.88. The van der Waals surface area contributed by atoms with Crippen LogP contribution in [0.2, 0.25) is 5.02 Å². The second-order valence-electron chi connectivity index (χ2n) is 4.88. The Hall–Kier alpha value is -1.43. The summed E-state index contributed by atoms with van der Waals surface area (Å²) in [6.45, 7) is 6.16. The lowest BCUT2D eigenvalue weighted by Gasteiger charge is -2.10. The third-order valence-electron chi connectivity index (χ3n) is 2.80. The van der Waals surface area contributed by atoms with Crippen LogP contribution in [0.3, 0.4) is 0 Å². The largest absolute Gasteiger partial charge is 0.377 e. The summed E-state index contributed by atoms with van der Waals surface area (Å²) in [6.07, 6.45) is 0.110. The fourth-order valence-corrected chi connectivity index (χ4v) is 1.88. The van der Waals surface area contributed by atoms with E-state index in [0.29, 0.717) is 28.9 Å². The smallest absolute Gasteiger partial charge is 0.259 e. The molecule has 1 atom stereocenters. The van der Waals surface area contributed by atoms with Crippen molar-refractivity contribution in [3.05, 3.63) is 34.6 Å². The SMILES string of the molecule is Cc1cccc(-c2nc(C(N)COC(C)C)no2)c1Cl. The van der Waals surface area contributed by atoms with Crippen molar-refractivity contribution < 1.29 is 9.26 Å². The van der Waals surface area contributed by atoms with Gasteiger partial charge in [0.1, 0.15) is 0 Å². The fourth-order valence-electron chi connectivity index (χ4n) is 1.68. The van der Waals surface area contributed by atoms with Gasteiger partial charge in [0.2, 0.25) is 0 Å². The molecule has 5 nitrogen and oxygen atoms in total. The van der Waals surface area contributed by atoms with Crippen LogP contribution < -0.4 is 5.73 Å². The van der Waals surface area contributed by atoms with Gasteiger partial charge in [0.05, 0.1) is 29.3 Å². The van der Waals surface area contributed by atoms with Gasteiger partial charge in [-0.15, -0.1) is 0 Å². The van der Waals surface area contributed by atoms with Crippen LogP contribution in [-0.4, -0.2) is 22.9 Å². The van der Waals surface area contributed by atoms with E-state index in [1.807, 2.05) is 39.0 Å². The standard InChI is InChI=1S/C14H18ClN3O2/c1-8(2)19-7-11(16)13-17-14(20-18-13)10-6-4-5-9(3)12(10)15/h4-6,8,11H,7,16H2,1-3H3. The molecule has 1 heterocycles. The Morgan fingerprint density at radius 2 is 2.15 bits per heavy atom. The molecule has 2 N–H and O–H groups in total. The Morgan fingerprint density at radius 3 is 2.85 bits per heavy atom. The van der Waals surface area contributed by atoms with E-state index in [4.69, 9.17) is 26.6 Å². The maximum absolute atomic E-state index is 6.24. The molecule has 1 unspecified atom stereocenters. The van der Waals surface area contributed by atoms with Gasteiger partial charge in [-0.25, -0.2) is 0 Å². The van der Waals surface area contributed by atoms with Gasteiger partial charge in [-0.05, 0) is 32.4 Å². The summed E-state index contributed by atoms with van der Waals surface area (Å²) in [7, 11) is 0. The molecule has 2 rings (SSSR count). The molecule has 1 aromatic carbocycles. The Labute approximate surface area is 123 Å². The maximum Gasteiger partial charge on any atom is 0.259 e. The number of aryl methyl sites for hydroxylation is 1. The van der Waals surface area contributed by atoms with Gasteiger partial charge in [-0.2, -0.15) is 4.98 Å². The fraction of sp³-hybridized carbons (Fsp3) is 0.429. The lowest BCUT2D eigenvalue weighted by atomic mass is 10.1. The summed E-state index contributed by atoms with van der Waals surface area (Å²) in [4.78, 5) is 4.29. The van der Waals surface area contributed by atoms with Gasteiger partial charge in [-0.3, -0.25) is 0 Å². The number of hydrogen-bond donors (Lipinski definition) is 1. The minimum atomic E-state index is -0.418. The zero-order valence-corrected chi connectivity index (χ0v) is 12.5. The quantitative estimate of drug-likeness (QED) is 0.917. The van der Waals surface area contributed by atoms with E-state index in [-0.39, 0.29) is 6.10 Å². The number of ether oxygens (including phenoxy) is 1. The zero-order chi connectivity index (χ0) is 14.7. The second kappa shape index (κ2) is 6.35. The summed E-state index contributed by atoms with van der Waals surface area (Å²) < 4.78 is 10.7. The van der Waals surface area contributed by atoms with Gasteiger partial charge < -0.3 is 15.0 Å². The Bertz CT molecular complexity index is 584. The second-order valence-corrected chi connectivity index (χ2v) is 5.26. The molecule has 6 heteroatoms. The number of halogens is 1. The molecular weight excluding hydrogens is 278 g/mol. The van der Waals surface area contributed by atoms with E-state index < -0.39 is 6.04 Å². The number of rotatable bonds is 5. The molecule has 0 saturated heterocycles. The van der Waals surface area contributed by atoms with E-state index in [1.54, 1.807) is 0 Å². The Kier molecular flexibility index (Phi) is 4.75. The lowest BCUT2D eigenvalue weighted by molar-refractivity contribution is 0.0665. The van der Waals surface area contributed by atoms with Crippen molar-refractivity contribution in [2.45, 2.75) is 32.9 Å².